The number of nitrogens with two attached hydrogens (primary N) is 1. The number of anilines is 1. The average molecular weight is 544 g/mol. The molecule has 2 amide bonds. The van der Waals surface area contributed by atoms with Gasteiger partial charge in [-0.15, -0.1) is 0 Å². The fraction of sp³-hybridized carbons (Fsp3) is 0.481. The van der Waals surface area contributed by atoms with Crippen molar-refractivity contribution in [2.75, 3.05) is 19.4 Å². The summed E-state index contributed by atoms with van der Waals surface area (Å²) in [6.07, 6.45) is -2.27. The van der Waals surface area contributed by atoms with Crippen molar-refractivity contribution in [3.05, 3.63) is 40.2 Å². The van der Waals surface area contributed by atoms with Gasteiger partial charge in [0.05, 0.1) is 29.3 Å². The smallest absolute Gasteiger partial charge is 0.412 e. The molecule has 1 saturated carbocycles. The second-order valence-electron chi connectivity index (χ2n) is 11.4. The van der Waals surface area contributed by atoms with Crippen LogP contribution in [-0.2, 0) is 19.1 Å². The third kappa shape index (κ3) is 4.33. The van der Waals surface area contributed by atoms with Crippen molar-refractivity contribution in [3.8, 4) is 5.75 Å². The molecule has 0 saturated heterocycles. The van der Waals surface area contributed by atoms with Gasteiger partial charge >= 0.3 is 6.09 Å². The van der Waals surface area contributed by atoms with Crippen LogP contribution < -0.4 is 11.1 Å². The first-order valence-electron chi connectivity index (χ1n) is 12.4. The lowest BCUT2D eigenvalue weighted by Gasteiger charge is -2.50. The molecule has 0 spiro atoms. The molecule has 7 N–H and O–H groups in total. The summed E-state index contributed by atoms with van der Waals surface area (Å²) in [4.78, 5) is 53.1. The second kappa shape index (κ2) is 9.38. The molecule has 39 heavy (non-hydrogen) atoms. The standard InChI is InChI=1S/C27H33N3O9/c1-9-10-7-8-11(29-26(38)39-27(2,3)4)19(31)13(10)21(33)15-12(9)20(32)14-16(22(15)34)23(35)17(25(28)37)24(36)18(14)30(5)6/h7-9,12,14,16,18,20,31-33,36H,1-6H3,(H2,28,37)(H,29,38). The number of fused-ring (bicyclic) bond motifs is 3. The van der Waals surface area contributed by atoms with Crippen LogP contribution in [0.5, 0.6) is 5.75 Å². The lowest BCUT2D eigenvalue weighted by atomic mass is 9.56. The van der Waals surface area contributed by atoms with Gasteiger partial charge in [-0.3, -0.25) is 24.6 Å². The molecule has 0 radical (unpaired) electrons. The minimum absolute atomic E-state index is 0.0900. The van der Waals surface area contributed by atoms with Gasteiger partial charge in [-0.2, -0.15) is 0 Å². The van der Waals surface area contributed by atoms with E-state index in [0.29, 0.717) is 5.56 Å². The topological polar surface area (TPSA) is 200 Å². The van der Waals surface area contributed by atoms with Crippen molar-refractivity contribution >= 4 is 35.0 Å². The van der Waals surface area contributed by atoms with Crippen molar-refractivity contribution in [3.63, 3.8) is 0 Å². The van der Waals surface area contributed by atoms with Gasteiger partial charge in [-0.25, -0.2) is 4.79 Å². The number of benzene rings is 1. The maximum atomic E-state index is 13.9. The van der Waals surface area contributed by atoms with Crippen LogP contribution in [-0.4, -0.2) is 80.7 Å². The Bertz CT molecular complexity index is 1350. The Kier molecular flexibility index (Phi) is 6.76. The zero-order valence-corrected chi connectivity index (χ0v) is 22.5. The number of Topliss-reactive ketones (excluding diaryl/α,β-unsaturated/α-hetero) is 2. The first kappa shape index (κ1) is 28.1. The third-order valence-electron chi connectivity index (χ3n) is 7.63. The molecule has 12 heteroatoms. The zero-order chi connectivity index (χ0) is 29.3. The second-order valence-corrected chi connectivity index (χ2v) is 11.4. The van der Waals surface area contributed by atoms with Crippen LogP contribution in [0.2, 0.25) is 0 Å². The third-order valence-corrected chi connectivity index (χ3v) is 7.63. The number of aliphatic hydroxyl groups excluding tert-OH is 3. The van der Waals surface area contributed by atoms with Gasteiger partial charge < -0.3 is 30.9 Å². The average Bonchev–Trinajstić information content (AvgIpc) is 2.78. The van der Waals surface area contributed by atoms with Crippen LogP contribution in [0.1, 0.15) is 44.7 Å². The highest BCUT2D eigenvalue weighted by molar-refractivity contribution is 6.28. The van der Waals surface area contributed by atoms with E-state index in [1.165, 1.54) is 11.0 Å². The highest BCUT2D eigenvalue weighted by atomic mass is 16.6. The fourth-order valence-corrected chi connectivity index (χ4v) is 6.12. The van der Waals surface area contributed by atoms with E-state index in [1.807, 2.05) is 0 Å². The molecule has 3 aliphatic rings. The number of phenolic OH excluding ortho intramolecular Hbond substituents is 1. The number of carbonyl (C=O) groups excluding carboxylic acids is 4. The predicted octanol–water partition coefficient (Wildman–Crippen LogP) is 1.73. The monoisotopic (exact) mass is 543 g/mol. The van der Waals surface area contributed by atoms with E-state index in [0.717, 1.165) is 0 Å². The number of rotatable bonds is 3. The van der Waals surface area contributed by atoms with Gasteiger partial charge in [-0.1, -0.05) is 13.0 Å². The van der Waals surface area contributed by atoms with E-state index < -0.39 is 87.8 Å². The summed E-state index contributed by atoms with van der Waals surface area (Å²) in [6, 6.07) is 1.87. The SMILES string of the molecule is CC1c2ccc(NC(=O)OC(C)(C)C)c(O)c2C(O)=C2C(=O)C3C(=O)C(C(N)=O)=C(O)C(N(C)C)C3C(O)C21. The number of aliphatic hydroxyl groups is 3. The molecule has 1 aromatic rings. The molecule has 1 aromatic carbocycles. The number of nitrogens with one attached hydrogen (secondary N) is 1. The van der Waals surface area contributed by atoms with E-state index in [4.69, 9.17) is 10.5 Å². The Morgan fingerprint density at radius 2 is 1.69 bits per heavy atom. The summed E-state index contributed by atoms with van der Waals surface area (Å²) in [5, 5.41) is 47.2. The van der Waals surface area contributed by atoms with Crippen molar-refractivity contribution in [1.82, 2.24) is 4.90 Å². The fourth-order valence-electron chi connectivity index (χ4n) is 6.12. The number of primary amides is 1. The van der Waals surface area contributed by atoms with Crippen LogP contribution >= 0.6 is 0 Å². The van der Waals surface area contributed by atoms with Crippen molar-refractivity contribution in [2.24, 2.45) is 23.5 Å². The Morgan fingerprint density at radius 3 is 2.23 bits per heavy atom. The molecule has 4 rings (SSSR count). The molecular weight excluding hydrogens is 510 g/mol. The number of amides is 2. The molecule has 12 nitrogen and oxygen atoms in total. The largest absolute Gasteiger partial charge is 0.510 e. The number of hydrogen-bond acceptors (Lipinski definition) is 10. The van der Waals surface area contributed by atoms with Gasteiger partial charge in [0.25, 0.3) is 5.91 Å². The maximum absolute atomic E-state index is 13.9. The Hall–Kier alpha value is -3.90. The molecule has 210 valence electrons. The predicted molar refractivity (Wildman–Crippen MR) is 139 cm³/mol. The number of likely N-dealkylation sites (N-methyl/N-ethyl adjacent to an activating group) is 1. The molecular formula is C27H33N3O9. The zero-order valence-electron chi connectivity index (χ0n) is 22.5. The maximum Gasteiger partial charge on any atom is 0.412 e. The van der Waals surface area contributed by atoms with E-state index >= 15 is 0 Å². The van der Waals surface area contributed by atoms with Crippen LogP contribution in [0.4, 0.5) is 10.5 Å². The summed E-state index contributed by atoms with van der Waals surface area (Å²) in [5.41, 5.74) is 3.69. The van der Waals surface area contributed by atoms with Gasteiger partial charge in [0.2, 0.25) is 0 Å². The summed E-state index contributed by atoms with van der Waals surface area (Å²) in [6.45, 7) is 6.68. The number of carbonyl (C=O) groups is 4. The Labute approximate surface area is 224 Å². The molecule has 3 aliphatic carbocycles. The van der Waals surface area contributed by atoms with Crippen molar-refractivity contribution < 1.29 is 44.3 Å². The lowest BCUT2D eigenvalue weighted by molar-refractivity contribution is -0.143. The van der Waals surface area contributed by atoms with E-state index in [1.54, 1.807) is 47.9 Å². The normalized spacial score (nSPS) is 28.6. The minimum Gasteiger partial charge on any atom is -0.510 e. The number of hydrogen-bond donors (Lipinski definition) is 6. The molecule has 0 bridgehead atoms. The number of ketones is 2. The van der Waals surface area contributed by atoms with Crippen molar-refractivity contribution in [1.29, 1.82) is 0 Å². The molecule has 6 unspecified atom stereocenters. The molecule has 6 atom stereocenters. The quantitative estimate of drug-likeness (QED) is 0.185. The first-order valence-corrected chi connectivity index (χ1v) is 12.4. The summed E-state index contributed by atoms with van der Waals surface area (Å²) >= 11 is 0. The van der Waals surface area contributed by atoms with Crippen molar-refractivity contribution in [2.45, 2.75) is 51.4 Å². The van der Waals surface area contributed by atoms with E-state index in [-0.39, 0.29) is 16.8 Å². The number of phenols is 1. The Morgan fingerprint density at radius 1 is 1.08 bits per heavy atom. The van der Waals surface area contributed by atoms with E-state index in [9.17, 15) is 39.6 Å². The molecule has 0 aromatic heterocycles. The molecule has 0 heterocycles. The van der Waals surface area contributed by atoms with Gasteiger partial charge in [0.1, 0.15) is 28.4 Å². The molecule has 1 fully saturated rings. The summed E-state index contributed by atoms with van der Waals surface area (Å²) < 4.78 is 5.22. The van der Waals surface area contributed by atoms with E-state index in [2.05, 4.69) is 5.32 Å². The van der Waals surface area contributed by atoms with Crippen LogP contribution in [0.3, 0.4) is 0 Å². The Balaban J connectivity index is 1.87. The molecule has 0 aliphatic heterocycles. The first-order chi connectivity index (χ1) is 18.0. The highest BCUT2D eigenvalue weighted by Gasteiger charge is 2.60. The number of aromatic hydroxyl groups is 1. The van der Waals surface area contributed by atoms with Crippen LogP contribution in [0, 0.1) is 17.8 Å². The van der Waals surface area contributed by atoms with Crippen LogP contribution in [0.25, 0.3) is 5.76 Å². The number of nitrogens with zero attached hydrogens (tertiary/aromatic N) is 1. The lowest BCUT2D eigenvalue weighted by Crippen LogP contribution is -2.61. The summed E-state index contributed by atoms with van der Waals surface area (Å²) in [7, 11) is 3.12. The van der Waals surface area contributed by atoms with Crippen LogP contribution in [0.15, 0.2) is 29.0 Å². The highest BCUT2D eigenvalue weighted by Crippen LogP contribution is 2.55. The number of ether oxygens (including phenoxy) is 1. The van der Waals surface area contributed by atoms with Gasteiger partial charge in [0.15, 0.2) is 11.6 Å². The van der Waals surface area contributed by atoms with Gasteiger partial charge in [0, 0.05) is 17.4 Å². The van der Waals surface area contributed by atoms with Gasteiger partial charge in [-0.05, 0) is 52.4 Å². The summed E-state index contributed by atoms with van der Waals surface area (Å²) in [5.74, 6) is -9.34. The minimum atomic E-state index is -1.61.